The molecule has 0 radical (unpaired) electrons. The summed E-state index contributed by atoms with van der Waals surface area (Å²) in [7, 11) is 1.70. The Morgan fingerprint density at radius 1 is 1.41 bits per heavy atom. The standard InChI is InChI=1S/C13H15N3O/c1-17-11-4-2-3-10(9-11)12-5-7-14-13-6-8-15-16(12)13/h2-4,6,8-9,12,14H,5,7H2,1H3. The number of anilines is 1. The van der Waals surface area contributed by atoms with Crippen molar-refractivity contribution in [3.05, 3.63) is 42.1 Å². The Hall–Kier alpha value is -1.97. The van der Waals surface area contributed by atoms with E-state index >= 15 is 0 Å². The van der Waals surface area contributed by atoms with Crippen molar-refractivity contribution >= 4 is 5.82 Å². The second-order valence-corrected chi connectivity index (χ2v) is 4.17. The second kappa shape index (κ2) is 4.13. The van der Waals surface area contributed by atoms with Gasteiger partial charge in [0.25, 0.3) is 0 Å². The Bertz CT molecular complexity index is 521. The van der Waals surface area contributed by atoms with Crippen LogP contribution in [0, 0.1) is 0 Å². The fraction of sp³-hybridized carbons (Fsp3) is 0.308. The molecule has 88 valence electrons. The molecule has 0 amide bonds. The highest BCUT2D eigenvalue weighted by molar-refractivity contribution is 5.40. The van der Waals surface area contributed by atoms with Crippen LogP contribution in [0.2, 0.25) is 0 Å². The van der Waals surface area contributed by atoms with E-state index in [9.17, 15) is 0 Å². The highest BCUT2D eigenvalue weighted by atomic mass is 16.5. The predicted octanol–water partition coefficient (Wildman–Crippen LogP) is 2.30. The van der Waals surface area contributed by atoms with Crippen molar-refractivity contribution in [1.29, 1.82) is 0 Å². The summed E-state index contributed by atoms with van der Waals surface area (Å²) in [6.45, 7) is 0.980. The number of ether oxygens (including phenoxy) is 1. The number of rotatable bonds is 2. The normalized spacial score (nSPS) is 18.3. The molecule has 4 heteroatoms. The molecule has 1 atom stereocenters. The van der Waals surface area contributed by atoms with Gasteiger partial charge in [-0.2, -0.15) is 5.10 Å². The molecule has 1 unspecified atom stereocenters. The maximum absolute atomic E-state index is 5.27. The van der Waals surface area contributed by atoms with Crippen LogP contribution in [0.5, 0.6) is 5.75 Å². The topological polar surface area (TPSA) is 39.1 Å². The quantitative estimate of drug-likeness (QED) is 0.858. The van der Waals surface area contributed by atoms with Gasteiger partial charge in [-0.15, -0.1) is 0 Å². The SMILES string of the molecule is COc1cccc(C2CCNc3ccnn32)c1. The van der Waals surface area contributed by atoms with Gasteiger partial charge in [0.1, 0.15) is 11.6 Å². The molecule has 0 bridgehead atoms. The van der Waals surface area contributed by atoms with Gasteiger partial charge < -0.3 is 10.1 Å². The first kappa shape index (κ1) is 10.2. The third kappa shape index (κ3) is 1.75. The zero-order valence-electron chi connectivity index (χ0n) is 9.76. The van der Waals surface area contributed by atoms with E-state index in [4.69, 9.17) is 4.74 Å². The number of hydrogen-bond donors (Lipinski definition) is 1. The van der Waals surface area contributed by atoms with E-state index in [-0.39, 0.29) is 0 Å². The fourth-order valence-corrected chi connectivity index (χ4v) is 2.32. The number of benzene rings is 1. The Morgan fingerprint density at radius 2 is 2.35 bits per heavy atom. The van der Waals surface area contributed by atoms with E-state index in [1.807, 2.05) is 29.1 Å². The van der Waals surface area contributed by atoms with E-state index < -0.39 is 0 Å². The third-order valence-electron chi connectivity index (χ3n) is 3.17. The number of nitrogens with zero attached hydrogens (tertiary/aromatic N) is 2. The van der Waals surface area contributed by atoms with Crippen LogP contribution in [-0.4, -0.2) is 23.4 Å². The zero-order chi connectivity index (χ0) is 11.7. The first-order chi connectivity index (χ1) is 8.38. The fourth-order valence-electron chi connectivity index (χ4n) is 2.32. The second-order valence-electron chi connectivity index (χ2n) is 4.17. The molecule has 4 nitrogen and oxygen atoms in total. The van der Waals surface area contributed by atoms with Crippen LogP contribution >= 0.6 is 0 Å². The highest BCUT2D eigenvalue weighted by Gasteiger charge is 2.21. The Kier molecular flexibility index (Phi) is 2.48. The van der Waals surface area contributed by atoms with Crippen LogP contribution in [0.4, 0.5) is 5.82 Å². The van der Waals surface area contributed by atoms with Crippen molar-refractivity contribution in [3.63, 3.8) is 0 Å². The van der Waals surface area contributed by atoms with Gasteiger partial charge in [0.05, 0.1) is 19.3 Å². The average molecular weight is 229 g/mol. The summed E-state index contributed by atoms with van der Waals surface area (Å²) in [5, 5.41) is 7.72. The van der Waals surface area contributed by atoms with E-state index in [2.05, 4.69) is 22.5 Å². The van der Waals surface area contributed by atoms with E-state index in [0.717, 1.165) is 24.5 Å². The maximum atomic E-state index is 5.27. The largest absolute Gasteiger partial charge is 0.497 e. The van der Waals surface area contributed by atoms with Gasteiger partial charge in [0, 0.05) is 12.6 Å². The lowest BCUT2D eigenvalue weighted by molar-refractivity contribution is 0.411. The number of methoxy groups -OCH3 is 1. The monoisotopic (exact) mass is 229 g/mol. The van der Waals surface area contributed by atoms with Crippen LogP contribution in [-0.2, 0) is 0 Å². The molecule has 3 rings (SSSR count). The predicted molar refractivity (Wildman–Crippen MR) is 66.5 cm³/mol. The highest BCUT2D eigenvalue weighted by Crippen LogP contribution is 2.30. The lowest BCUT2D eigenvalue weighted by Crippen LogP contribution is -2.24. The minimum atomic E-state index is 0.302. The Labute approximate surface area is 100 Å². The molecule has 17 heavy (non-hydrogen) atoms. The third-order valence-corrected chi connectivity index (χ3v) is 3.17. The summed E-state index contributed by atoms with van der Waals surface area (Å²) in [4.78, 5) is 0. The summed E-state index contributed by atoms with van der Waals surface area (Å²) in [5.41, 5.74) is 1.25. The van der Waals surface area contributed by atoms with E-state index in [1.165, 1.54) is 5.56 Å². The van der Waals surface area contributed by atoms with Crippen molar-refractivity contribution in [2.75, 3.05) is 19.0 Å². The van der Waals surface area contributed by atoms with Gasteiger partial charge in [-0.05, 0) is 24.1 Å². The van der Waals surface area contributed by atoms with Gasteiger partial charge in [-0.3, -0.25) is 0 Å². The van der Waals surface area contributed by atoms with E-state index in [0.29, 0.717) is 6.04 Å². The molecular weight excluding hydrogens is 214 g/mol. The van der Waals surface area contributed by atoms with Gasteiger partial charge in [0.15, 0.2) is 0 Å². The molecule has 1 aromatic heterocycles. The Balaban J connectivity index is 2.00. The van der Waals surface area contributed by atoms with Crippen LogP contribution < -0.4 is 10.1 Å². The van der Waals surface area contributed by atoms with Gasteiger partial charge in [0.2, 0.25) is 0 Å². The molecule has 0 spiro atoms. The summed E-state index contributed by atoms with van der Waals surface area (Å²) < 4.78 is 7.31. The van der Waals surface area contributed by atoms with E-state index in [1.54, 1.807) is 7.11 Å². The average Bonchev–Trinajstić information content (AvgIpc) is 2.87. The smallest absolute Gasteiger partial charge is 0.124 e. The first-order valence-corrected chi connectivity index (χ1v) is 5.80. The van der Waals surface area contributed by atoms with Crippen LogP contribution in [0.25, 0.3) is 0 Å². The summed E-state index contributed by atoms with van der Waals surface area (Å²) >= 11 is 0. The molecule has 0 saturated carbocycles. The minimum Gasteiger partial charge on any atom is -0.497 e. The summed E-state index contributed by atoms with van der Waals surface area (Å²) in [5.74, 6) is 1.99. The number of aromatic nitrogens is 2. The molecule has 2 aromatic rings. The number of hydrogen-bond acceptors (Lipinski definition) is 3. The van der Waals surface area contributed by atoms with Crippen molar-refractivity contribution in [3.8, 4) is 5.75 Å². The number of fused-ring (bicyclic) bond motifs is 1. The molecule has 2 heterocycles. The Morgan fingerprint density at radius 3 is 3.24 bits per heavy atom. The summed E-state index contributed by atoms with van der Waals surface area (Å²) in [6, 6.07) is 10.5. The lowest BCUT2D eigenvalue weighted by atomic mass is 10.0. The molecule has 1 aliphatic rings. The first-order valence-electron chi connectivity index (χ1n) is 5.80. The lowest BCUT2D eigenvalue weighted by Gasteiger charge is -2.26. The van der Waals surface area contributed by atoms with Crippen molar-refractivity contribution < 1.29 is 4.74 Å². The van der Waals surface area contributed by atoms with Gasteiger partial charge >= 0.3 is 0 Å². The van der Waals surface area contributed by atoms with Gasteiger partial charge in [-0.25, -0.2) is 4.68 Å². The summed E-state index contributed by atoms with van der Waals surface area (Å²) in [6.07, 6.45) is 2.88. The molecule has 0 fully saturated rings. The number of nitrogens with one attached hydrogen (secondary N) is 1. The molecule has 1 aromatic carbocycles. The van der Waals surface area contributed by atoms with Crippen LogP contribution in [0.3, 0.4) is 0 Å². The van der Waals surface area contributed by atoms with Gasteiger partial charge in [-0.1, -0.05) is 12.1 Å². The van der Waals surface area contributed by atoms with Crippen molar-refractivity contribution in [2.45, 2.75) is 12.5 Å². The maximum Gasteiger partial charge on any atom is 0.124 e. The molecule has 0 aliphatic carbocycles. The van der Waals surface area contributed by atoms with Crippen LogP contribution in [0.15, 0.2) is 36.5 Å². The zero-order valence-corrected chi connectivity index (χ0v) is 9.76. The minimum absolute atomic E-state index is 0.302. The molecular formula is C13H15N3O. The molecule has 0 saturated heterocycles. The molecule has 1 N–H and O–H groups in total. The van der Waals surface area contributed by atoms with Crippen molar-refractivity contribution in [2.24, 2.45) is 0 Å². The van der Waals surface area contributed by atoms with Crippen molar-refractivity contribution in [1.82, 2.24) is 9.78 Å². The molecule has 1 aliphatic heterocycles. The van der Waals surface area contributed by atoms with Crippen LogP contribution in [0.1, 0.15) is 18.0 Å².